The molecule has 0 spiro atoms. The average Bonchev–Trinajstić information content (AvgIpc) is 3.40. The van der Waals surface area contributed by atoms with Gasteiger partial charge in [-0.1, -0.05) is 56.2 Å². The number of hydrogen-bond acceptors (Lipinski definition) is 4. The highest BCUT2D eigenvalue weighted by Crippen LogP contribution is 2.44. The van der Waals surface area contributed by atoms with Gasteiger partial charge in [0.05, 0.1) is 18.2 Å². The Morgan fingerprint density at radius 3 is 2.35 bits per heavy atom. The number of carbonyl (C=O) groups is 2. The van der Waals surface area contributed by atoms with Crippen LogP contribution in [0.5, 0.6) is 5.75 Å². The Labute approximate surface area is 216 Å². The van der Waals surface area contributed by atoms with Gasteiger partial charge < -0.3 is 14.4 Å². The van der Waals surface area contributed by atoms with Gasteiger partial charge in [-0.25, -0.2) is 0 Å². The van der Waals surface area contributed by atoms with Crippen molar-refractivity contribution in [1.29, 1.82) is 0 Å². The Balaban J connectivity index is 1.61. The predicted molar refractivity (Wildman–Crippen MR) is 146 cm³/mol. The summed E-state index contributed by atoms with van der Waals surface area (Å²) in [6, 6.07) is 23.2. The maximum atomic E-state index is 13.5. The Morgan fingerprint density at radius 2 is 1.62 bits per heavy atom. The minimum absolute atomic E-state index is 0.0711. The molecule has 188 valence electrons. The van der Waals surface area contributed by atoms with Crippen molar-refractivity contribution < 1.29 is 19.4 Å². The molecule has 6 nitrogen and oxygen atoms in total. The van der Waals surface area contributed by atoms with Gasteiger partial charge in [-0.15, -0.1) is 0 Å². The molecule has 1 aromatic heterocycles. The second-order valence-corrected chi connectivity index (χ2v) is 9.30. The molecule has 3 aromatic carbocycles. The number of aromatic nitrogens is 1. The van der Waals surface area contributed by atoms with Crippen molar-refractivity contribution in [3.8, 4) is 5.75 Å². The van der Waals surface area contributed by atoms with Crippen LogP contribution in [0.15, 0.2) is 90.6 Å². The Bertz CT molecular complexity index is 1470. The van der Waals surface area contributed by atoms with E-state index in [9.17, 15) is 14.7 Å². The quantitative estimate of drug-likeness (QED) is 0.134. The molecule has 0 aliphatic carbocycles. The number of carbonyl (C=O) groups excluding carboxylic acids is 2. The minimum atomic E-state index is -0.779. The van der Waals surface area contributed by atoms with Crippen molar-refractivity contribution in [2.75, 3.05) is 11.5 Å². The van der Waals surface area contributed by atoms with E-state index < -0.39 is 17.7 Å². The summed E-state index contributed by atoms with van der Waals surface area (Å²) in [7, 11) is 1.93. The summed E-state index contributed by atoms with van der Waals surface area (Å²) in [4.78, 5) is 28.4. The molecule has 1 unspecified atom stereocenters. The number of Topliss-reactive ketones (excluding diaryl/α,β-unsaturated/α-hetero) is 1. The molecule has 1 N–H and O–H groups in total. The molecule has 1 atom stereocenters. The van der Waals surface area contributed by atoms with E-state index in [0.717, 1.165) is 35.7 Å². The maximum absolute atomic E-state index is 13.5. The number of aryl methyl sites for hydroxylation is 1. The molecule has 0 saturated carbocycles. The molecule has 1 amide bonds. The third-order valence-corrected chi connectivity index (χ3v) is 6.85. The largest absolute Gasteiger partial charge is 0.507 e. The van der Waals surface area contributed by atoms with Crippen LogP contribution in [-0.4, -0.2) is 28.0 Å². The summed E-state index contributed by atoms with van der Waals surface area (Å²) in [6.07, 6.45) is 5.13. The number of aliphatic hydroxyl groups is 1. The first-order valence-corrected chi connectivity index (χ1v) is 12.6. The first kappa shape index (κ1) is 24.4. The van der Waals surface area contributed by atoms with Gasteiger partial charge in [-0.3, -0.25) is 14.5 Å². The van der Waals surface area contributed by atoms with Crippen LogP contribution in [-0.2, 0) is 16.6 Å². The van der Waals surface area contributed by atoms with E-state index in [4.69, 9.17) is 4.74 Å². The Hall–Kier alpha value is -4.32. The average molecular weight is 495 g/mol. The van der Waals surface area contributed by atoms with Crippen LogP contribution in [0.25, 0.3) is 16.7 Å². The van der Waals surface area contributed by atoms with Gasteiger partial charge in [0.15, 0.2) is 0 Å². The smallest absolute Gasteiger partial charge is 0.300 e. The molecular weight excluding hydrogens is 464 g/mol. The van der Waals surface area contributed by atoms with Gasteiger partial charge in [0.1, 0.15) is 11.5 Å². The van der Waals surface area contributed by atoms with Crippen molar-refractivity contribution in [2.24, 2.45) is 7.05 Å². The molecule has 0 radical (unpaired) electrons. The molecule has 1 aliphatic rings. The third kappa shape index (κ3) is 4.51. The van der Waals surface area contributed by atoms with Crippen LogP contribution < -0.4 is 9.64 Å². The van der Waals surface area contributed by atoms with Gasteiger partial charge in [0, 0.05) is 41.0 Å². The minimum Gasteiger partial charge on any atom is -0.507 e. The monoisotopic (exact) mass is 494 g/mol. The second-order valence-electron chi connectivity index (χ2n) is 9.30. The Morgan fingerprint density at radius 1 is 0.919 bits per heavy atom. The number of benzene rings is 3. The van der Waals surface area contributed by atoms with E-state index in [1.54, 1.807) is 36.4 Å². The lowest BCUT2D eigenvalue weighted by Crippen LogP contribution is -2.29. The highest BCUT2D eigenvalue weighted by molar-refractivity contribution is 6.51. The summed E-state index contributed by atoms with van der Waals surface area (Å²) in [5.74, 6) is -0.879. The molecule has 5 rings (SSSR count). The number of hydrogen-bond donors (Lipinski definition) is 1. The zero-order chi connectivity index (χ0) is 25.9. The molecule has 1 aliphatic heterocycles. The summed E-state index contributed by atoms with van der Waals surface area (Å²) in [6.45, 7) is 2.77. The maximum Gasteiger partial charge on any atom is 0.300 e. The molecule has 1 saturated heterocycles. The molecule has 0 bridgehead atoms. The number of para-hydroxylation sites is 2. The summed E-state index contributed by atoms with van der Waals surface area (Å²) < 4.78 is 7.77. The van der Waals surface area contributed by atoms with Gasteiger partial charge >= 0.3 is 0 Å². The van der Waals surface area contributed by atoms with Crippen molar-refractivity contribution in [1.82, 2.24) is 4.57 Å². The number of anilines is 1. The van der Waals surface area contributed by atoms with E-state index in [0.29, 0.717) is 23.6 Å². The van der Waals surface area contributed by atoms with Gasteiger partial charge in [-0.2, -0.15) is 0 Å². The summed E-state index contributed by atoms with van der Waals surface area (Å²) in [5, 5.41) is 12.4. The normalized spacial score (nSPS) is 17.0. The van der Waals surface area contributed by atoms with E-state index in [1.165, 1.54) is 4.90 Å². The van der Waals surface area contributed by atoms with Crippen molar-refractivity contribution in [3.05, 3.63) is 102 Å². The van der Waals surface area contributed by atoms with Crippen LogP contribution in [0.4, 0.5) is 5.69 Å². The molecule has 1 fully saturated rings. The lowest BCUT2D eigenvalue weighted by Gasteiger charge is -2.25. The number of ketones is 1. The molecule has 4 aromatic rings. The van der Waals surface area contributed by atoms with Crippen molar-refractivity contribution in [2.45, 2.75) is 32.2 Å². The predicted octanol–water partition coefficient (Wildman–Crippen LogP) is 6.37. The Kier molecular flexibility index (Phi) is 6.82. The van der Waals surface area contributed by atoms with E-state index in [1.807, 2.05) is 60.3 Å². The van der Waals surface area contributed by atoms with E-state index in [-0.39, 0.29) is 11.3 Å². The van der Waals surface area contributed by atoms with E-state index >= 15 is 0 Å². The van der Waals surface area contributed by atoms with Crippen molar-refractivity contribution in [3.63, 3.8) is 0 Å². The third-order valence-electron chi connectivity index (χ3n) is 6.85. The topological polar surface area (TPSA) is 71.8 Å². The van der Waals surface area contributed by atoms with E-state index in [2.05, 4.69) is 6.92 Å². The SMILES string of the molecule is CCCCCOc1ccc(/C(O)=C2\C(=O)C(=O)N(c3ccccc3)C2c2cn(C)c3ccccc23)cc1. The fraction of sp³-hybridized carbons (Fsp3) is 0.226. The molecular formula is C31H30N2O4. The fourth-order valence-corrected chi connectivity index (χ4v) is 4.98. The highest BCUT2D eigenvalue weighted by Gasteiger charge is 2.47. The zero-order valence-corrected chi connectivity index (χ0v) is 21.1. The number of unbranched alkanes of at least 4 members (excludes halogenated alkanes) is 2. The molecule has 2 heterocycles. The van der Waals surface area contributed by atoms with Crippen LogP contribution in [0, 0.1) is 0 Å². The fourth-order valence-electron chi connectivity index (χ4n) is 4.98. The summed E-state index contributed by atoms with van der Waals surface area (Å²) >= 11 is 0. The number of amides is 1. The zero-order valence-electron chi connectivity index (χ0n) is 21.1. The van der Waals surface area contributed by atoms with Crippen LogP contribution >= 0.6 is 0 Å². The van der Waals surface area contributed by atoms with Gasteiger partial charge in [0.2, 0.25) is 0 Å². The lowest BCUT2D eigenvalue weighted by atomic mass is 9.94. The highest BCUT2D eigenvalue weighted by atomic mass is 16.5. The second kappa shape index (κ2) is 10.3. The van der Waals surface area contributed by atoms with Crippen molar-refractivity contribution >= 4 is 34.0 Å². The number of fused-ring (bicyclic) bond motifs is 1. The molecule has 6 heteroatoms. The van der Waals surface area contributed by atoms with Gasteiger partial charge in [-0.05, 0) is 48.9 Å². The lowest BCUT2D eigenvalue weighted by molar-refractivity contribution is -0.132. The van der Waals surface area contributed by atoms with Gasteiger partial charge in [0.25, 0.3) is 11.7 Å². The standard InChI is InChI=1S/C31H30N2O4/c1-3-4-10-19-37-23-17-15-21(16-18-23)29(34)27-28(25-20-32(2)26-14-9-8-13-24(25)26)33(31(36)30(27)35)22-11-6-5-7-12-22/h5-9,11-18,20,28,34H,3-4,10,19H2,1-2H3/b29-27+. The van der Waals surface area contributed by atoms with Crippen LogP contribution in [0.1, 0.15) is 43.4 Å². The summed E-state index contributed by atoms with van der Waals surface area (Å²) in [5.41, 5.74) is 2.87. The number of rotatable bonds is 8. The first-order chi connectivity index (χ1) is 18.0. The number of nitrogens with zero attached hydrogens (tertiary/aromatic N) is 2. The first-order valence-electron chi connectivity index (χ1n) is 12.6. The van der Waals surface area contributed by atoms with Crippen LogP contribution in [0.3, 0.4) is 0 Å². The number of aliphatic hydroxyl groups excluding tert-OH is 1. The van der Waals surface area contributed by atoms with Crippen LogP contribution in [0.2, 0.25) is 0 Å². The molecule has 37 heavy (non-hydrogen) atoms. The number of ether oxygens (including phenoxy) is 1.